The fourth-order valence-electron chi connectivity index (χ4n) is 1.97. The Balaban J connectivity index is 2.91. The summed E-state index contributed by atoms with van der Waals surface area (Å²) in [6.45, 7) is 8.03. The van der Waals surface area contributed by atoms with Crippen LogP contribution in [0, 0.1) is 12.3 Å². The first-order chi connectivity index (χ1) is 8.77. The van der Waals surface area contributed by atoms with Gasteiger partial charge in [-0.2, -0.15) is 0 Å². The third-order valence-corrected chi connectivity index (χ3v) is 3.34. The number of nitrogens with one attached hydrogen (secondary N) is 1. The zero-order chi connectivity index (χ0) is 14.6. The number of aliphatic hydroxyl groups is 1. The van der Waals surface area contributed by atoms with Gasteiger partial charge in [0.25, 0.3) is 5.91 Å². The van der Waals surface area contributed by atoms with Crippen molar-refractivity contribution in [2.24, 2.45) is 5.41 Å². The molecule has 4 heteroatoms. The summed E-state index contributed by atoms with van der Waals surface area (Å²) in [7, 11) is 0. The van der Waals surface area contributed by atoms with Gasteiger partial charge in [0.2, 0.25) is 0 Å². The molecule has 4 N–H and O–H groups in total. The number of rotatable bonds is 4. The zero-order valence-corrected chi connectivity index (χ0v) is 12.2. The normalized spacial score (nSPS) is 13.1. The SMILES string of the molecule is Cc1cccc(C(=O)NC(CCO)C(C)(C)C)c1N. The molecule has 0 aliphatic rings. The maximum atomic E-state index is 12.3. The molecule has 0 spiro atoms. The number of hydrogen-bond acceptors (Lipinski definition) is 3. The van der Waals surface area contributed by atoms with E-state index in [-0.39, 0.29) is 24.0 Å². The number of anilines is 1. The average molecular weight is 264 g/mol. The average Bonchev–Trinajstić information content (AvgIpc) is 2.30. The third-order valence-electron chi connectivity index (χ3n) is 3.34. The summed E-state index contributed by atoms with van der Waals surface area (Å²) in [6, 6.07) is 5.32. The molecule has 0 saturated carbocycles. The van der Waals surface area contributed by atoms with Crippen LogP contribution in [0.2, 0.25) is 0 Å². The van der Waals surface area contributed by atoms with Crippen molar-refractivity contribution in [2.75, 3.05) is 12.3 Å². The van der Waals surface area contributed by atoms with Gasteiger partial charge >= 0.3 is 0 Å². The number of aliphatic hydroxyl groups excluding tert-OH is 1. The largest absolute Gasteiger partial charge is 0.398 e. The number of aryl methyl sites for hydroxylation is 1. The van der Waals surface area contributed by atoms with Crippen LogP contribution in [-0.2, 0) is 0 Å². The minimum absolute atomic E-state index is 0.0471. The van der Waals surface area contributed by atoms with Gasteiger partial charge in [0, 0.05) is 18.3 Å². The molecule has 1 amide bonds. The first-order valence-corrected chi connectivity index (χ1v) is 6.54. The maximum Gasteiger partial charge on any atom is 0.253 e. The van der Waals surface area contributed by atoms with Crippen LogP contribution in [0.3, 0.4) is 0 Å². The number of para-hydroxylation sites is 1. The Morgan fingerprint density at radius 3 is 2.58 bits per heavy atom. The molecular formula is C15H24N2O2. The Kier molecular flexibility index (Phi) is 4.95. The highest BCUT2D eigenvalue weighted by molar-refractivity contribution is 5.99. The summed E-state index contributed by atoms with van der Waals surface area (Å²) in [6.07, 6.45) is 0.529. The molecule has 1 atom stereocenters. The van der Waals surface area contributed by atoms with Crippen molar-refractivity contribution in [3.63, 3.8) is 0 Å². The number of carbonyl (C=O) groups excluding carboxylic acids is 1. The molecule has 0 aromatic heterocycles. The first-order valence-electron chi connectivity index (χ1n) is 6.54. The summed E-state index contributed by atoms with van der Waals surface area (Å²) in [4.78, 5) is 12.3. The number of hydrogen-bond donors (Lipinski definition) is 3. The molecule has 0 bridgehead atoms. The molecule has 1 aromatic rings. The molecule has 1 rings (SSSR count). The summed E-state index contributed by atoms with van der Waals surface area (Å²) in [5.41, 5.74) is 7.71. The molecule has 1 unspecified atom stereocenters. The van der Waals surface area contributed by atoms with Crippen LogP contribution in [0.5, 0.6) is 0 Å². The molecule has 1 aromatic carbocycles. The Bertz CT molecular complexity index is 450. The standard InChI is InChI=1S/C15H24N2O2/c1-10-6-5-7-11(13(10)16)14(19)17-12(8-9-18)15(2,3)4/h5-7,12,18H,8-9,16H2,1-4H3,(H,17,19). The first kappa shape index (κ1) is 15.5. The van der Waals surface area contributed by atoms with E-state index in [1.54, 1.807) is 6.07 Å². The second kappa shape index (κ2) is 6.06. The Morgan fingerprint density at radius 1 is 1.42 bits per heavy atom. The van der Waals surface area contributed by atoms with Gasteiger partial charge in [-0.05, 0) is 30.4 Å². The number of nitrogens with two attached hydrogens (primary N) is 1. The highest BCUT2D eigenvalue weighted by Crippen LogP contribution is 2.23. The van der Waals surface area contributed by atoms with Gasteiger partial charge in [0.05, 0.1) is 5.56 Å². The molecule has 0 radical (unpaired) electrons. The fraction of sp³-hybridized carbons (Fsp3) is 0.533. The van der Waals surface area contributed by atoms with Gasteiger partial charge in [-0.1, -0.05) is 32.9 Å². The Morgan fingerprint density at radius 2 is 2.05 bits per heavy atom. The van der Waals surface area contributed by atoms with Crippen molar-refractivity contribution < 1.29 is 9.90 Å². The maximum absolute atomic E-state index is 12.3. The Labute approximate surface area is 115 Å². The van der Waals surface area contributed by atoms with E-state index in [0.29, 0.717) is 17.7 Å². The predicted octanol–water partition coefficient (Wildman–Crippen LogP) is 2.10. The minimum Gasteiger partial charge on any atom is -0.398 e. The lowest BCUT2D eigenvalue weighted by Gasteiger charge is -2.31. The lowest BCUT2D eigenvalue weighted by atomic mass is 9.84. The van der Waals surface area contributed by atoms with Crippen molar-refractivity contribution in [3.8, 4) is 0 Å². The van der Waals surface area contributed by atoms with Crippen molar-refractivity contribution in [2.45, 2.75) is 40.2 Å². The second-order valence-electron chi connectivity index (χ2n) is 5.94. The van der Waals surface area contributed by atoms with Gasteiger partial charge in [0.15, 0.2) is 0 Å². The summed E-state index contributed by atoms with van der Waals surface area (Å²) in [5, 5.41) is 12.1. The van der Waals surface area contributed by atoms with E-state index in [1.165, 1.54) is 0 Å². The monoisotopic (exact) mass is 264 g/mol. The van der Waals surface area contributed by atoms with E-state index in [9.17, 15) is 4.79 Å². The van der Waals surface area contributed by atoms with Crippen LogP contribution < -0.4 is 11.1 Å². The van der Waals surface area contributed by atoms with Gasteiger partial charge in [-0.3, -0.25) is 4.79 Å². The smallest absolute Gasteiger partial charge is 0.253 e. The minimum atomic E-state index is -0.186. The van der Waals surface area contributed by atoms with E-state index in [4.69, 9.17) is 10.8 Å². The van der Waals surface area contributed by atoms with E-state index < -0.39 is 0 Å². The van der Waals surface area contributed by atoms with E-state index >= 15 is 0 Å². The zero-order valence-electron chi connectivity index (χ0n) is 12.2. The Hall–Kier alpha value is -1.55. The molecule has 0 saturated heterocycles. The van der Waals surface area contributed by atoms with Gasteiger partial charge in [-0.15, -0.1) is 0 Å². The molecule has 19 heavy (non-hydrogen) atoms. The fourth-order valence-corrected chi connectivity index (χ4v) is 1.97. The van der Waals surface area contributed by atoms with Crippen LogP contribution in [-0.4, -0.2) is 23.7 Å². The number of amides is 1. The van der Waals surface area contributed by atoms with E-state index in [0.717, 1.165) is 5.56 Å². The molecular weight excluding hydrogens is 240 g/mol. The molecule has 0 aliphatic heterocycles. The molecule has 106 valence electrons. The molecule has 0 heterocycles. The van der Waals surface area contributed by atoms with Gasteiger partial charge < -0.3 is 16.2 Å². The van der Waals surface area contributed by atoms with Gasteiger partial charge in [0.1, 0.15) is 0 Å². The molecule has 4 nitrogen and oxygen atoms in total. The van der Waals surface area contributed by atoms with Crippen molar-refractivity contribution in [1.29, 1.82) is 0 Å². The van der Waals surface area contributed by atoms with Crippen LogP contribution in [0.25, 0.3) is 0 Å². The summed E-state index contributed by atoms with van der Waals surface area (Å²) < 4.78 is 0. The van der Waals surface area contributed by atoms with Gasteiger partial charge in [-0.25, -0.2) is 0 Å². The highest BCUT2D eigenvalue weighted by Gasteiger charge is 2.26. The molecule has 0 aliphatic carbocycles. The lowest BCUT2D eigenvalue weighted by Crippen LogP contribution is -2.44. The molecule has 0 fully saturated rings. The summed E-state index contributed by atoms with van der Waals surface area (Å²) >= 11 is 0. The topological polar surface area (TPSA) is 75.3 Å². The lowest BCUT2D eigenvalue weighted by molar-refractivity contribution is 0.0886. The van der Waals surface area contributed by atoms with E-state index in [2.05, 4.69) is 5.32 Å². The van der Waals surface area contributed by atoms with Crippen LogP contribution >= 0.6 is 0 Å². The van der Waals surface area contributed by atoms with Crippen molar-refractivity contribution in [3.05, 3.63) is 29.3 Å². The quantitative estimate of drug-likeness (QED) is 0.729. The third kappa shape index (κ3) is 3.96. The predicted molar refractivity (Wildman–Crippen MR) is 78.0 cm³/mol. The van der Waals surface area contributed by atoms with Crippen molar-refractivity contribution >= 4 is 11.6 Å². The number of carbonyl (C=O) groups is 1. The van der Waals surface area contributed by atoms with Crippen molar-refractivity contribution in [1.82, 2.24) is 5.32 Å². The van der Waals surface area contributed by atoms with Crippen LogP contribution in [0.4, 0.5) is 5.69 Å². The second-order valence-corrected chi connectivity index (χ2v) is 5.94. The highest BCUT2D eigenvalue weighted by atomic mass is 16.3. The van der Waals surface area contributed by atoms with E-state index in [1.807, 2.05) is 39.8 Å². The van der Waals surface area contributed by atoms with Crippen LogP contribution in [0.15, 0.2) is 18.2 Å². The number of benzene rings is 1. The summed E-state index contributed by atoms with van der Waals surface area (Å²) in [5.74, 6) is -0.186. The number of nitrogen functional groups attached to an aromatic ring is 1. The van der Waals surface area contributed by atoms with Crippen LogP contribution in [0.1, 0.15) is 43.1 Å².